The third kappa shape index (κ3) is 3.66. The second kappa shape index (κ2) is 9.12. The monoisotopic (exact) mass is 487 g/mol. The number of fused-ring (bicyclic) bond motifs is 1. The van der Waals surface area contributed by atoms with Gasteiger partial charge >= 0.3 is 0 Å². The summed E-state index contributed by atoms with van der Waals surface area (Å²) in [6.07, 6.45) is 2.36. The van der Waals surface area contributed by atoms with Gasteiger partial charge in [-0.05, 0) is 25.2 Å². The lowest BCUT2D eigenvalue weighted by Gasteiger charge is -2.37. The van der Waals surface area contributed by atoms with Crippen LogP contribution in [-0.2, 0) is 19.1 Å². The fourth-order valence-corrected chi connectivity index (χ4v) is 6.47. The lowest BCUT2D eigenvalue weighted by atomic mass is 9.70. The normalized spacial score (nSPS) is 35.6. The molecule has 3 aliphatic heterocycles. The van der Waals surface area contributed by atoms with Crippen molar-refractivity contribution in [1.29, 1.82) is 0 Å². The molecule has 3 rings (SSSR count). The van der Waals surface area contributed by atoms with E-state index < -0.39 is 35.6 Å². The van der Waals surface area contributed by atoms with E-state index in [1.807, 2.05) is 20.8 Å². The topological polar surface area (TPSA) is 108 Å². The molecule has 3 unspecified atom stereocenters. The zero-order valence-electron chi connectivity index (χ0n) is 18.2. The summed E-state index contributed by atoms with van der Waals surface area (Å²) in [6.45, 7) is 6.35. The summed E-state index contributed by atoms with van der Waals surface area (Å²) in [6, 6.07) is -1.36. The molecule has 170 valence electrons. The van der Waals surface area contributed by atoms with Gasteiger partial charge in [-0.15, -0.1) is 0 Å². The van der Waals surface area contributed by atoms with E-state index in [2.05, 4.69) is 26.6 Å². The summed E-state index contributed by atoms with van der Waals surface area (Å²) < 4.78 is 6.36. The number of hydrogen-bond acceptors (Lipinski definition) is 5. The minimum Gasteiger partial charge on any atom is -0.394 e. The number of alkyl halides is 1. The number of likely N-dealkylation sites (tertiary alicyclic amines) is 1. The van der Waals surface area contributed by atoms with Crippen LogP contribution in [-0.4, -0.2) is 76.5 Å². The molecular weight excluding hydrogens is 454 g/mol. The standard InChI is InChI=1S/C21H34BrN3O5/c1-5-6-7-24-19(28)17-21-9-13(22)16(30-21)14(18(27)23-4)15(21)20(29)25(17)12(10-26)8-11(2)3/h11-17,26H,5-10H2,1-4H3,(H,23,27)(H,24,28)/t12-,13?,14+,15+,16+,17?,21?/m1/s1. The lowest BCUT2D eigenvalue weighted by Crippen LogP contribution is -2.58. The average Bonchev–Trinajstić information content (AvgIpc) is 3.29. The molecule has 0 aliphatic carbocycles. The fraction of sp³-hybridized carbons (Fsp3) is 0.857. The number of carbonyl (C=O) groups excluding carboxylic acids is 3. The molecule has 0 aromatic rings. The van der Waals surface area contributed by atoms with Crippen molar-refractivity contribution in [3.05, 3.63) is 0 Å². The van der Waals surface area contributed by atoms with Gasteiger partial charge in [0.2, 0.25) is 17.7 Å². The number of carbonyl (C=O) groups is 3. The van der Waals surface area contributed by atoms with Gasteiger partial charge in [-0.1, -0.05) is 43.1 Å². The molecule has 9 heteroatoms. The van der Waals surface area contributed by atoms with Gasteiger partial charge in [0.1, 0.15) is 11.6 Å². The highest BCUT2D eigenvalue weighted by atomic mass is 79.9. The van der Waals surface area contributed by atoms with Crippen molar-refractivity contribution in [2.45, 2.75) is 75.1 Å². The van der Waals surface area contributed by atoms with E-state index in [-0.39, 0.29) is 35.1 Å². The van der Waals surface area contributed by atoms with E-state index in [9.17, 15) is 19.5 Å². The molecule has 3 amide bonds. The van der Waals surface area contributed by atoms with Crippen LogP contribution in [0.15, 0.2) is 0 Å². The smallest absolute Gasteiger partial charge is 0.245 e. The Labute approximate surface area is 186 Å². The Morgan fingerprint density at radius 1 is 1.37 bits per heavy atom. The molecule has 30 heavy (non-hydrogen) atoms. The van der Waals surface area contributed by atoms with Gasteiger partial charge in [-0.2, -0.15) is 0 Å². The molecule has 1 spiro atoms. The van der Waals surface area contributed by atoms with Crippen molar-refractivity contribution in [3.63, 3.8) is 0 Å². The fourth-order valence-electron chi connectivity index (χ4n) is 5.53. The van der Waals surface area contributed by atoms with Crippen LogP contribution in [0.4, 0.5) is 0 Å². The zero-order chi connectivity index (χ0) is 22.2. The molecule has 7 atom stereocenters. The van der Waals surface area contributed by atoms with E-state index in [1.165, 1.54) is 4.90 Å². The molecule has 0 saturated carbocycles. The van der Waals surface area contributed by atoms with Crippen LogP contribution in [0.1, 0.15) is 46.5 Å². The number of nitrogens with zero attached hydrogens (tertiary/aromatic N) is 1. The summed E-state index contributed by atoms with van der Waals surface area (Å²) in [7, 11) is 1.55. The van der Waals surface area contributed by atoms with E-state index in [0.29, 0.717) is 19.4 Å². The van der Waals surface area contributed by atoms with Crippen LogP contribution in [0, 0.1) is 17.8 Å². The second-order valence-electron chi connectivity index (χ2n) is 9.13. The Kier molecular flexibility index (Phi) is 7.14. The largest absolute Gasteiger partial charge is 0.394 e. The van der Waals surface area contributed by atoms with Crippen LogP contribution in [0.5, 0.6) is 0 Å². The van der Waals surface area contributed by atoms with Crippen molar-refractivity contribution < 1.29 is 24.2 Å². The van der Waals surface area contributed by atoms with Crippen LogP contribution >= 0.6 is 15.9 Å². The molecule has 3 heterocycles. The predicted molar refractivity (Wildman–Crippen MR) is 115 cm³/mol. The highest BCUT2D eigenvalue weighted by molar-refractivity contribution is 9.09. The van der Waals surface area contributed by atoms with Gasteiger partial charge in [0.15, 0.2) is 0 Å². The van der Waals surface area contributed by atoms with Crippen LogP contribution in [0.2, 0.25) is 0 Å². The molecule has 3 aliphatic rings. The maximum atomic E-state index is 13.7. The Morgan fingerprint density at radius 2 is 2.07 bits per heavy atom. The molecule has 0 aromatic heterocycles. The van der Waals surface area contributed by atoms with Crippen molar-refractivity contribution >= 4 is 33.7 Å². The molecule has 0 aromatic carbocycles. The SMILES string of the molecule is CCCCNC(=O)C1N([C@@H](CO)CC(C)C)C(=O)[C@@H]2[C@H](C(=O)NC)[C@H]3OC12CC3Br. The van der Waals surface area contributed by atoms with E-state index in [4.69, 9.17) is 4.74 Å². The second-order valence-corrected chi connectivity index (χ2v) is 10.3. The number of aliphatic hydroxyl groups excluding tert-OH is 1. The number of halogens is 1. The van der Waals surface area contributed by atoms with Gasteiger partial charge < -0.3 is 25.4 Å². The molecular formula is C21H34BrN3O5. The third-order valence-electron chi connectivity index (χ3n) is 6.70. The molecule has 3 saturated heterocycles. The molecule has 3 N–H and O–H groups in total. The average molecular weight is 488 g/mol. The molecule has 8 nitrogen and oxygen atoms in total. The molecule has 3 fully saturated rings. The predicted octanol–water partition coefficient (Wildman–Crippen LogP) is 0.804. The third-order valence-corrected chi connectivity index (χ3v) is 7.55. The summed E-state index contributed by atoms with van der Waals surface area (Å²) in [5.41, 5.74) is -1.06. The van der Waals surface area contributed by atoms with Crippen LogP contribution in [0.3, 0.4) is 0 Å². The van der Waals surface area contributed by atoms with Crippen LogP contribution in [0.25, 0.3) is 0 Å². The number of ether oxygens (including phenoxy) is 1. The highest BCUT2D eigenvalue weighted by Gasteiger charge is 2.76. The van der Waals surface area contributed by atoms with Crippen molar-refractivity contribution in [2.24, 2.45) is 17.8 Å². The van der Waals surface area contributed by atoms with Gasteiger partial charge in [0, 0.05) is 18.4 Å². The first-order valence-electron chi connectivity index (χ1n) is 11.0. The molecule has 2 bridgehead atoms. The first-order valence-corrected chi connectivity index (χ1v) is 11.9. The molecule has 0 radical (unpaired) electrons. The Balaban J connectivity index is 2.03. The maximum absolute atomic E-state index is 13.7. The van der Waals surface area contributed by atoms with Gasteiger partial charge in [-0.3, -0.25) is 14.4 Å². The number of hydrogen-bond donors (Lipinski definition) is 3. The van der Waals surface area contributed by atoms with Gasteiger partial charge in [-0.25, -0.2) is 0 Å². The van der Waals surface area contributed by atoms with Crippen LogP contribution < -0.4 is 10.6 Å². The number of unbranched alkanes of at least 4 members (excludes halogenated alkanes) is 1. The summed E-state index contributed by atoms with van der Waals surface area (Å²) >= 11 is 3.62. The Hall–Kier alpha value is -1.19. The van der Waals surface area contributed by atoms with Crippen molar-refractivity contribution in [1.82, 2.24) is 15.5 Å². The Morgan fingerprint density at radius 3 is 2.63 bits per heavy atom. The summed E-state index contributed by atoms with van der Waals surface area (Å²) in [5, 5.41) is 15.7. The highest BCUT2D eigenvalue weighted by Crippen LogP contribution is 2.60. The number of aliphatic hydroxyl groups is 1. The number of rotatable bonds is 9. The van der Waals surface area contributed by atoms with E-state index in [0.717, 1.165) is 12.8 Å². The minimum absolute atomic E-state index is 0.118. The van der Waals surface area contributed by atoms with Gasteiger partial charge in [0.25, 0.3) is 0 Å². The minimum atomic E-state index is -1.06. The van der Waals surface area contributed by atoms with Crippen molar-refractivity contribution in [2.75, 3.05) is 20.2 Å². The number of amides is 3. The first-order chi connectivity index (χ1) is 14.2. The van der Waals surface area contributed by atoms with E-state index in [1.54, 1.807) is 7.05 Å². The van der Waals surface area contributed by atoms with Crippen molar-refractivity contribution in [3.8, 4) is 0 Å². The quantitative estimate of drug-likeness (QED) is 0.329. The summed E-state index contributed by atoms with van der Waals surface area (Å²) in [4.78, 5) is 41.2. The van der Waals surface area contributed by atoms with E-state index >= 15 is 0 Å². The zero-order valence-corrected chi connectivity index (χ0v) is 19.8. The van der Waals surface area contributed by atoms with Gasteiger partial charge in [0.05, 0.1) is 30.6 Å². The first kappa shape index (κ1) is 23.5. The Bertz CT molecular complexity index is 690. The lowest BCUT2D eigenvalue weighted by molar-refractivity contribution is -0.146. The summed E-state index contributed by atoms with van der Waals surface area (Å²) in [5.74, 6) is -1.93. The maximum Gasteiger partial charge on any atom is 0.245 e. The number of nitrogens with one attached hydrogen (secondary N) is 2.